The van der Waals surface area contributed by atoms with Crippen LogP contribution in [0.25, 0.3) is 0 Å². The summed E-state index contributed by atoms with van der Waals surface area (Å²) in [4.78, 5) is 15.8. The lowest BCUT2D eigenvalue weighted by Gasteiger charge is -2.09. The number of benzene rings is 1. The smallest absolute Gasteiger partial charge is 0.297 e. The van der Waals surface area contributed by atoms with E-state index < -0.39 is 12.1 Å². The second-order valence-electron chi connectivity index (χ2n) is 3.62. The minimum Gasteiger partial charge on any atom is -0.384 e. The third kappa shape index (κ3) is 1.76. The van der Waals surface area contributed by atoms with Crippen molar-refractivity contribution < 1.29 is 9.76 Å². The first kappa shape index (κ1) is 10.6. The molecule has 84 valence electrons. The van der Waals surface area contributed by atoms with Crippen LogP contribution in [0, 0.1) is 10.1 Å². The largest absolute Gasteiger partial charge is 0.384 e. The van der Waals surface area contributed by atoms with E-state index in [1.165, 1.54) is 0 Å². The maximum Gasteiger partial charge on any atom is 0.297 e. The van der Waals surface area contributed by atoms with E-state index in [2.05, 4.69) is 5.16 Å². The summed E-state index contributed by atoms with van der Waals surface area (Å²) in [5.41, 5.74) is 1.16. The molecule has 5 heteroatoms. The van der Waals surface area contributed by atoms with Crippen molar-refractivity contribution >= 4 is 5.71 Å². The Bertz CT molecular complexity index is 416. The van der Waals surface area contributed by atoms with Crippen LogP contribution in [-0.4, -0.2) is 22.8 Å². The molecule has 1 aromatic carbocycles. The zero-order chi connectivity index (χ0) is 11.5. The van der Waals surface area contributed by atoms with Crippen molar-refractivity contribution in [3.8, 4) is 0 Å². The number of nitrogens with zero attached hydrogens (tertiary/aromatic N) is 2. The molecule has 0 fully saturated rings. The van der Waals surface area contributed by atoms with Crippen molar-refractivity contribution in [1.29, 1.82) is 0 Å². The molecule has 0 aromatic heterocycles. The van der Waals surface area contributed by atoms with Crippen molar-refractivity contribution in [2.45, 2.75) is 25.5 Å². The van der Waals surface area contributed by atoms with Crippen LogP contribution in [-0.2, 0) is 4.84 Å². The molecule has 1 aliphatic heterocycles. The Labute approximate surface area is 92.9 Å². The molecule has 0 bridgehead atoms. The van der Waals surface area contributed by atoms with Crippen molar-refractivity contribution in [3.05, 3.63) is 46.0 Å². The number of nitro groups is 1. The maximum atomic E-state index is 11.0. The fraction of sp³-hybridized carbons (Fsp3) is 0.364. The van der Waals surface area contributed by atoms with Gasteiger partial charge in [0.15, 0.2) is 11.8 Å². The van der Waals surface area contributed by atoms with Crippen molar-refractivity contribution in [2.75, 3.05) is 0 Å². The van der Waals surface area contributed by atoms with Crippen molar-refractivity contribution in [1.82, 2.24) is 0 Å². The van der Waals surface area contributed by atoms with Crippen molar-refractivity contribution in [2.24, 2.45) is 5.16 Å². The maximum absolute atomic E-state index is 11.0. The third-order valence-electron chi connectivity index (χ3n) is 2.62. The van der Waals surface area contributed by atoms with Gasteiger partial charge >= 0.3 is 0 Å². The Hall–Kier alpha value is -1.91. The first-order valence-electron chi connectivity index (χ1n) is 5.16. The molecule has 0 unspecified atom stereocenters. The predicted octanol–water partition coefficient (Wildman–Crippen LogP) is 1.84. The Morgan fingerprint density at radius 2 is 2.12 bits per heavy atom. The summed E-state index contributed by atoms with van der Waals surface area (Å²) in [7, 11) is 0. The van der Waals surface area contributed by atoms with Crippen LogP contribution in [0.15, 0.2) is 35.5 Å². The minimum absolute atomic E-state index is 0.326. The molecule has 1 aliphatic rings. The fourth-order valence-electron chi connectivity index (χ4n) is 1.78. The van der Waals surface area contributed by atoms with Gasteiger partial charge in [-0.1, -0.05) is 42.4 Å². The normalized spacial score (nSPS) is 23.7. The summed E-state index contributed by atoms with van der Waals surface area (Å²) in [6.07, 6.45) is 0.121. The SMILES string of the molecule is CC[C@H]1ON=C(c2ccccc2)[C@@H]1[N+](=O)[O-]. The average Bonchev–Trinajstić information content (AvgIpc) is 2.73. The Kier molecular flexibility index (Phi) is 2.85. The molecule has 0 aliphatic carbocycles. The average molecular weight is 220 g/mol. The molecule has 1 heterocycles. The number of rotatable bonds is 3. The van der Waals surface area contributed by atoms with Gasteiger partial charge in [-0.15, -0.1) is 0 Å². The second-order valence-corrected chi connectivity index (χ2v) is 3.62. The van der Waals surface area contributed by atoms with E-state index in [0.29, 0.717) is 12.1 Å². The standard InChI is InChI=1S/C11H12N2O3/c1-2-9-11(13(14)15)10(12-16-9)8-6-4-3-5-7-8/h3-7,9,11H,2H2,1H3/t9-,11-/m1/s1. The van der Waals surface area contributed by atoms with Gasteiger partial charge in [-0.25, -0.2) is 0 Å². The highest BCUT2D eigenvalue weighted by atomic mass is 16.7. The molecule has 5 nitrogen and oxygen atoms in total. The van der Waals surface area contributed by atoms with Gasteiger partial charge in [-0.05, 0) is 6.42 Å². The number of oxime groups is 1. The molecule has 0 amide bonds. The highest BCUT2D eigenvalue weighted by molar-refractivity contribution is 6.04. The van der Waals surface area contributed by atoms with Crippen LogP contribution < -0.4 is 0 Å². The van der Waals surface area contributed by atoms with Gasteiger partial charge in [-0.2, -0.15) is 0 Å². The monoisotopic (exact) mass is 220 g/mol. The summed E-state index contributed by atoms with van der Waals surface area (Å²) in [6.45, 7) is 1.85. The highest BCUT2D eigenvalue weighted by Crippen LogP contribution is 2.21. The molecule has 0 saturated heterocycles. The molecule has 0 N–H and O–H groups in total. The van der Waals surface area contributed by atoms with Crippen LogP contribution >= 0.6 is 0 Å². The lowest BCUT2D eigenvalue weighted by Crippen LogP contribution is -2.36. The quantitative estimate of drug-likeness (QED) is 0.576. The highest BCUT2D eigenvalue weighted by Gasteiger charge is 2.43. The van der Waals surface area contributed by atoms with E-state index in [4.69, 9.17) is 4.84 Å². The molecular formula is C11H12N2O3. The molecule has 16 heavy (non-hydrogen) atoms. The summed E-state index contributed by atoms with van der Waals surface area (Å²) >= 11 is 0. The summed E-state index contributed by atoms with van der Waals surface area (Å²) in [5, 5.41) is 14.8. The Morgan fingerprint density at radius 3 is 2.69 bits per heavy atom. The molecule has 1 aromatic rings. The van der Waals surface area contributed by atoms with Crippen LogP contribution in [0.4, 0.5) is 0 Å². The van der Waals surface area contributed by atoms with Gasteiger partial charge in [0.2, 0.25) is 0 Å². The van der Waals surface area contributed by atoms with E-state index in [1.807, 2.05) is 25.1 Å². The van der Waals surface area contributed by atoms with Gasteiger partial charge in [0.25, 0.3) is 6.04 Å². The summed E-state index contributed by atoms with van der Waals surface area (Å²) < 4.78 is 0. The van der Waals surface area contributed by atoms with Gasteiger partial charge < -0.3 is 4.84 Å². The fourth-order valence-corrected chi connectivity index (χ4v) is 1.78. The van der Waals surface area contributed by atoms with Gasteiger partial charge in [-0.3, -0.25) is 10.1 Å². The van der Waals surface area contributed by atoms with E-state index in [1.54, 1.807) is 12.1 Å². The topological polar surface area (TPSA) is 64.7 Å². The summed E-state index contributed by atoms with van der Waals surface area (Å²) in [5.74, 6) is 0. The van der Waals surface area contributed by atoms with Gasteiger partial charge in [0.1, 0.15) is 0 Å². The van der Waals surface area contributed by atoms with Crippen LogP contribution in [0.1, 0.15) is 18.9 Å². The van der Waals surface area contributed by atoms with Crippen molar-refractivity contribution in [3.63, 3.8) is 0 Å². The lowest BCUT2D eigenvalue weighted by molar-refractivity contribution is -0.511. The molecular weight excluding hydrogens is 208 g/mol. The first-order chi connectivity index (χ1) is 7.74. The first-order valence-corrected chi connectivity index (χ1v) is 5.16. The third-order valence-corrected chi connectivity index (χ3v) is 2.62. The number of hydrogen-bond acceptors (Lipinski definition) is 4. The van der Waals surface area contributed by atoms with Crippen LogP contribution in [0.2, 0.25) is 0 Å². The minimum atomic E-state index is -0.854. The Balaban J connectivity index is 2.32. The van der Waals surface area contributed by atoms with E-state index >= 15 is 0 Å². The molecule has 2 rings (SSSR count). The van der Waals surface area contributed by atoms with Gasteiger partial charge in [0.05, 0.1) is 0 Å². The lowest BCUT2D eigenvalue weighted by atomic mass is 9.99. The predicted molar refractivity (Wildman–Crippen MR) is 58.9 cm³/mol. The second kappa shape index (κ2) is 4.30. The van der Waals surface area contributed by atoms with E-state index in [9.17, 15) is 10.1 Å². The summed E-state index contributed by atoms with van der Waals surface area (Å²) in [6, 6.07) is 8.26. The number of hydrogen-bond donors (Lipinski definition) is 0. The van der Waals surface area contributed by atoms with E-state index in [0.717, 1.165) is 5.56 Å². The van der Waals surface area contributed by atoms with Gasteiger partial charge in [0, 0.05) is 10.5 Å². The van der Waals surface area contributed by atoms with Crippen LogP contribution in [0.3, 0.4) is 0 Å². The molecule has 2 atom stereocenters. The zero-order valence-corrected chi connectivity index (χ0v) is 8.87. The molecule has 0 radical (unpaired) electrons. The molecule has 0 saturated carbocycles. The molecule has 0 spiro atoms. The van der Waals surface area contributed by atoms with Crippen LogP contribution in [0.5, 0.6) is 0 Å². The van der Waals surface area contributed by atoms with E-state index in [-0.39, 0.29) is 4.92 Å². The zero-order valence-electron chi connectivity index (χ0n) is 8.87. The Morgan fingerprint density at radius 1 is 1.44 bits per heavy atom.